The van der Waals surface area contributed by atoms with Gasteiger partial charge in [-0.2, -0.15) is 0 Å². The van der Waals surface area contributed by atoms with E-state index in [-0.39, 0.29) is 0 Å². The van der Waals surface area contributed by atoms with Crippen LogP contribution in [0.25, 0.3) is 0 Å². The SMILES string of the molecule is CC1=C[C@H]2CC(C)C2S1. The van der Waals surface area contributed by atoms with Crippen LogP contribution in [-0.4, -0.2) is 5.25 Å². The molecule has 0 saturated heterocycles. The van der Waals surface area contributed by atoms with Gasteiger partial charge in [-0.05, 0) is 30.1 Å². The van der Waals surface area contributed by atoms with Gasteiger partial charge < -0.3 is 0 Å². The molecule has 50 valence electrons. The molecule has 1 aliphatic carbocycles. The first-order valence-corrected chi connectivity index (χ1v) is 4.50. The Kier molecular flexibility index (Phi) is 1.16. The zero-order valence-corrected chi connectivity index (χ0v) is 6.74. The van der Waals surface area contributed by atoms with Crippen molar-refractivity contribution in [3.63, 3.8) is 0 Å². The van der Waals surface area contributed by atoms with E-state index in [1.54, 1.807) is 4.91 Å². The summed E-state index contributed by atoms with van der Waals surface area (Å²) in [6.07, 6.45) is 3.88. The number of hydrogen-bond acceptors (Lipinski definition) is 1. The highest BCUT2D eigenvalue weighted by Gasteiger charge is 2.40. The maximum absolute atomic E-state index is 2.44. The monoisotopic (exact) mass is 140 g/mol. The first-order chi connectivity index (χ1) is 4.27. The molecule has 0 amide bonds. The van der Waals surface area contributed by atoms with Crippen LogP contribution in [0, 0.1) is 11.8 Å². The van der Waals surface area contributed by atoms with Crippen LogP contribution in [0.15, 0.2) is 11.0 Å². The highest BCUT2D eigenvalue weighted by Crippen LogP contribution is 2.51. The maximum Gasteiger partial charge on any atom is 0.0180 e. The lowest BCUT2D eigenvalue weighted by Gasteiger charge is -2.36. The minimum absolute atomic E-state index is 0.949. The molecule has 2 unspecified atom stereocenters. The van der Waals surface area contributed by atoms with Gasteiger partial charge >= 0.3 is 0 Å². The van der Waals surface area contributed by atoms with Gasteiger partial charge in [0.1, 0.15) is 0 Å². The quantitative estimate of drug-likeness (QED) is 0.498. The van der Waals surface area contributed by atoms with E-state index in [1.165, 1.54) is 6.42 Å². The van der Waals surface area contributed by atoms with Gasteiger partial charge in [0.05, 0.1) is 0 Å². The standard InChI is InChI=1S/C8H12S/c1-5-3-7-4-6(2)9-8(5)7/h4-5,7-8H,3H2,1-2H3/t5?,7-,8?/m1/s1. The molecule has 2 rings (SSSR count). The molecule has 1 fully saturated rings. The first-order valence-electron chi connectivity index (χ1n) is 3.62. The Morgan fingerprint density at radius 3 is 2.89 bits per heavy atom. The summed E-state index contributed by atoms with van der Waals surface area (Å²) in [6.45, 7) is 4.59. The molecule has 0 aromatic carbocycles. The molecule has 0 N–H and O–H groups in total. The van der Waals surface area contributed by atoms with Crippen molar-refractivity contribution in [3.8, 4) is 0 Å². The van der Waals surface area contributed by atoms with Crippen LogP contribution < -0.4 is 0 Å². The van der Waals surface area contributed by atoms with Crippen molar-refractivity contribution in [1.29, 1.82) is 0 Å². The fraction of sp³-hybridized carbons (Fsp3) is 0.750. The van der Waals surface area contributed by atoms with Crippen molar-refractivity contribution in [2.24, 2.45) is 11.8 Å². The fourth-order valence-corrected chi connectivity index (χ4v) is 3.24. The van der Waals surface area contributed by atoms with E-state index in [2.05, 4.69) is 31.7 Å². The van der Waals surface area contributed by atoms with Gasteiger partial charge in [0.15, 0.2) is 0 Å². The van der Waals surface area contributed by atoms with Crippen molar-refractivity contribution in [1.82, 2.24) is 0 Å². The van der Waals surface area contributed by atoms with Gasteiger partial charge in [-0.3, -0.25) is 0 Å². The van der Waals surface area contributed by atoms with E-state index in [0.29, 0.717) is 0 Å². The molecule has 0 nitrogen and oxygen atoms in total. The lowest BCUT2D eigenvalue weighted by molar-refractivity contribution is 0.284. The van der Waals surface area contributed by atoms with E-state index in [9.17, 15) is 0 Å². The fourth-order valence-electron chi connectivity index (χ4n) is 1.85. The molecule has 1 heteroatoms. The molecule has 2 aliphatic rings. The van der Waals surface area contributed by atoms with Crippen LogP contribution in [0.5, 0.6) is 0 Å². The van der Waals surface area contributed by atoms with Gasteiger partial charge in [-0.25, -0.2) is 0 Å². The van der Waals surface area contributed by atoms with Crippen molar-refractivity contribution in [2.45, 2.75) is 25.5 Å². The smallest absolute Gasteiger partial charge is 0.0180 e. The summed E-state index contributed by atoms with van der Waals surface area (Å²) in [5.74, 6) is 1.93. The normalized spacial score (nSPS) is 47.8. The molecular formula is C8H12S. The molecule has 1 aliphatic heterocycles. The zero-order chi connectivity index (χ0) is 6.43. The van der Waals surface area contributed by atoms with E-state index in [4.69, 9.17) is 0 Å². The van der Waals surface area contributed by atoms with Crippen LogP contribution in [0.1, 0.15) is 20.3 Å². The van der Waals surface area contributed by atoms with Crippen molar-refractivity contribution >= 4 is 11.8 Å². The Morgan fingerprint density at radius 2 is 2.44 bits per heavy atom. The largest absolute Gasteiger partial charge is 0.127 e. The molecule has 9 heavy (non-hydrogen) atoms. The van der Waals surface area contributed by atoms with Gasteiger partial charge in [0.2, 0.25) is 0 Å². The summed E-state index contributed by atoms with van der Waals surface area (Å²) in [5, 5.41) is 0.963. The van der Waals surface area contributed by atoms with Crippen LogP contribution >= 0.6 is 11.8 Å². The molecule has 0 aromatic heterocycles. The minimum Gasteiger partial charge on any atom is -0.127 e. The van der Waals surface area contributed by atoms with Crippen molar-refractivity contribution in [2.75, 3.05) is 0 Å². The average molecular weight is 140 g/mol. The summed E-state index contributed by atoms with van der Waals surface area (Å²) in [7, 11) is 0. The molecule has 1 saturated carbocycles. The van der Waals surface area contributed by atoms with Crippen LogP contribution in [0.4, 0.5) is 0 Å². The summed E-state index contributed by atoms with van der Waals surface area (Å²) >= 11 is 2.08. The van der Waals surface area contributed by atoms with Gasteiger partial charge in [-0.1, -0.05) is 13.0 Å². The zero-order valence-electron chi connectivity index (χ0n) is 5.92. The third kappa shape index (κ3) is 0.743. The van der Waals surface area contributed by atoms with Crippen LogP contribution in [0.3, 0.4) is 0 Å². The van der Waals surface area contributed by atoms with E-state index in [1.807, 2.05) is 0 Å². The van der Waals surface area contributed by atoms with Crippen LogP contribution in [-0.2, 0) is 0 Å². The Morgan fingerprint density at radius 1 is 1.67 bits per heavy atom. The molecule has 0 bridgehead atoms. The highest BCUT2D eigenvalue weighted by atomic mass is 32.2. The number of hydrogen-bond donors (Lipinski definition) is 0. The molecule has 0 radical (unpaired) electrons. The second kappa shape index (κ2) is 1.79. The Balaban J connectivity index is 2.09. The average Bonchev–Trinajstić information content (AvgIpc) is 2.08. The van der Waals surface area contributed by atoms with Crippen LogP contribution in [0.2, 0.25) is 0 Å². The molecule has 0 spiro atoms. The second-order valence-electron chi connectivity index (χ2n) is 3.24. The van der Waals surface area contributed by atoms with E-state index < -0.39 is 0 Å². The Bertz CT molecular complexity index is 160. The molecular weight excluding hydrogens is 128 g/mol. The number of rotatable bonds is 0. The van der Waals surface area contributed by atoms with Gasteiger partial charge in [0, 0.05) is 5.25 Å². The van der Waals surface area contributed by atoms with Crippen molar-refractivity contribution in [3.05, 3.63) is 11.0 Å². The summed E-state index contributed by atoms with van der Waals surface area (Å²) in [4.78, 5) is 1.55. The van der Waals surface area contributed by atoms with Gasteiger partial charge in [-0.15, -0.1) is 11.8 Å². The molecule has 1 heterocycles. The topological polar surface area (TPSA) is 0 Å². The van der Waals surface area contributed by atoms with E-state index >= 15 is 0 Å². The Hall–Kier alpha value is 0.0900. The minimum atomic E-state index is 0.949. The maximum atomic E-state index is 2.44. The third-order valence-electron chi connectivity index (χ3n) is 2.40. The van der Waals surface area contributed by atoms with Crippen molar-refractivity contribution < 1.29 is 0 Å². The summed E-state index contributed by atoms with van der Waals surface area (Å²) < 4.78 is 0. The predicted molar refractivity (Wildman–Crippen MR) is 42.4 cm³/mol. The molecule has 3 atom stereocenters. The first kappa shape index (κ1) is 5.84. The summed E-state index contributed by atoms with van der Waals surface area (Å²) in [6, 6.07) is 0. The number of allylic oxidation sites excluding steroid dienone is 2. The number of fused-ring (bicyclic) bond motifs is 1. The molecule has 0 aromatic rings. The predicted octanol–water partition coefficient (Wildman–Crippen LogP) is 2.66. The second-order valence-corrected chi connectivity index (χ2v) is 4.66. The Labute approximate surface area is 60.7 Å². The third-order valence-corrected chi connectivity index (χ3v) is 3.99. The highest BCUT2D eigenvalue weighted by molar-refractivity contribution is 8.04. The van der Waals surface area contributed by atoms with Gasteiger partial charge in [0.25, 0.3) is 0 Å². The summed E-state index contributed by atoms with van der Waals surface area (Å²) in [5.41, 5.74) is 0. The van der Waals surface area contributed by atoms with E-state index in [0.717, 1.165) is 17.1 Å². The lowest BCUT2D eigenvalue weighted by atomic mass is 9.75. The lowest BCUT2D eigenvalue weighted by Crippen LogP contribution is -2.33. The number of thioether (sulfide) groups is 1.